The van der Waals surface area contributed by atoms with Gasteiger partial charge >= 0.3 is 6.03 Å². The number of nitrogens with one attached hydrogen (secondary N) is 2. The van der Waals surface area contributed by atoms with Crippen LogP contribution in [0.1, 0.15) is 29.9 Å². The second-order valence-electron chi connectivity index (χ2n) is 9.76. The third-order valence-electron chi connectivity index (χ3n) is 7.30. The monoisotopic (exact) mass is 507 g/mol. The maximum atomic E-state index is 16.0. The Labute approximate surface area is 200 Å². The summed E-state index contributed by atoms with van der Waals surface area (Å²) in [4.78, 5) is 53.5. The molecule has 0 unspecified atom stereocenters. The number of hydrogen-bond acceptors (Lipinski definition) is 8. The largest absolute Gasteiger partial charge is 0.372 e. The SMILES string of the molecule is C[C@@H]1CN2c3c(cc4c(C(=O)N5CC(F)(F)C5)noc4c3F)CC3(C(=O)NC(=O)NC3=O)[C@@H]2[C@@H](C)O1. The van der Waals surface area contributed by atoms with Gasteiger partial charge in [0.25, 0.3) is 11.8 Å². The summed E-state index contributed by atoms with van der Waals surface area (Å²) in [6, 6.07) is -0.547. The quantitative estimate of drug-likeness (QED) is 0.545. The maximum Gasteiger partial charge on any atom is 0.328 e. The van der Waals surface area contributed by atoms with Gasteiger partial charge in [0.1, 0.15) is 0 Å². The first-order chi connectivity index (χ1) is 16.9. The van der Waals surface area contributed by atoms with Crippen molar-refractivity contribution in [3.05, 3.63) is 23.1 Å². The molecule has 0 bridgehead atoms. The Morgan fingerprint density at radius 1 is 1.17 bits per heavy atom. The Morgan fingerprint density at radius 3 is 2.47 bits per heavy atom. The highest BCUT2D eigenvalue weighted by molar-refractivity contribution is 6.20. The molecule has 5 amide bonds. The number of benzene rings is 1. The van der Waals surface area contributed by atoms with Crippen molar-refractivity contribution in [3.63, 3.8) is 0 Å². The van der Waals surface area contributed by atoms with Crippen LogP contribution in [0.25, 0.3) is 11.0 Å². The number of carbonyl (C=O) groups excluding carboxylic acids is 4. The minimum Gasteiger partial charge on any atom is -0.372 e. The lowest BCUT2D eigenvalue weighted by Crippen LogP contribution is -2.75. The number of aromatic nitrogens is 1. The Kier molecular flexibility index (Phi) is 4.54. The number of morpholine rings is 1. The normalized spacial score (nSPS) is 28.4. The minimum absolute atomic E-state index is 0.0586. The number of anilines is 1. The third kappa shape index (κ3) is 2.93. The summed E-state index contributed by atoms with van der Waals surface area (Å²) in [7, 11) is 0. The molecule has 36 heavy (non-hydrogen) atoms. The van der Waals surface area contributed by atoms with E-state index in [2.05, 4.69) is 15.8 Å². The number of halogens is 3. The number of fused-ring (bicyclic) bond motifs is 5. The van der Waals surface area contributed by atoms with E-state index in [1.54, 1.807) is 18.7 Å². The van der Waals surface area contributed by atoms with Crippen LogP contribution < -0.4 is 15.5 Å². The summed E-state index contributed by atoms with van der Waals surface area (Å²) in [6.45, 7) is 1.93. The number of amides is 5. The molecule has 1 aromatic carbocycles. The molecule has 4 aliphatic heterocycles. The molecule has 6 rings (SSSR count). The second kappa shape index (κ2) is 7.18. The fraction of sp³-hybridized carbons (Fsp3) is 0.500. The summed E-state index contributed by atoms with van der Waals surface area (Å²) < 4.78 is 53.6. The van der Waals surface area contributed by atoms with E-state index in [4.69, 9.17) is 9.26 Å². The van der Waals surface area contributed by atoms with Gasteiger partial charge in [-0.25, -0.2) is 18.0 Å². The van der Waals surface area contributed by atoms with Gasteiger partial charge in [-0.1, -0.05) is 5.16 Å². The molecule has 14 heteroatoms. The Bertz CT molecular complexity index is 1350. The van der Waals surface area contributed by atoms with Crippen LogP contribution in [0, 0.1) is 11.2 Å². The molecule has 11 nitrogen and oxygen atoms in total. The van der Waals surface area contributed by atoms with Crippen LogP contribution in [-0.4, -0.2) is 77.6 Å². The predicted octanol–water partition coefficient (Wildman–Crippen LogP) is 0.949. The van der Waals surface area contributed by atoms with Gasteiger partial charge in [-0.3, -0.25) is 25.0 Å². The Hall–Kier alpha value is -3.68. The average molecular weight is 507 g/mol. The number of nitrogens with zero attached hydrogens (tertiary/aromatic N) is 3. The van der Waals surface area contributed by atoms with E-state index in [1.165, 1.54) is 6.07 Å². The summed E-state index contributed by atoms with van der Waals surface area (Å²) in [5.74, 6) is -6.44. The van der Waals surface area contributed by atoms with E-state index in [9.17, 15) is 28.0 Å². The molecule has 190 valence electrons. The molecule has 0 saturated carbocycles. The fourth-order valence-corrected chi connectivity index (χ4v) is 5.91. The van der Waals surface area contributed by atoms with Gasteiger partial charge < -0.3 is 19.1 Å². The third-order valence-corrected chi connectivity index (χ3v) is 7.30. The second-order valence-corrected chi connectivity index (χ2v) is 9.76. The highest BCUT2D eigenvalue weighted by Gasteiger charge is 2.63. The lowest BCUT2D eigenvalue weighted by molar-refractivity contribution is -0.153. The molecule has 2 aromatic rings. The number of carbonyl (C=O) groups is 4. The zero-order valence-corrected chi connectivity index (χ0v) is 19.1. The molecule has 3 saturated heterocycles. The molecule has 3 atom stereocenters. The Balaban J connectivity index is 1.52. The zero-order valence-electron chi connectivity index (χ0n) is 19.1. The van der Waals surface area contributed by atoms with Gasteiger partial charge in [0.05, 0.1) is 42.4 Å². The fourth-order valence-electron chi connectivity index (χ4n) is 5.91. The summed E-state index contributed by atoms with van der Waals surface area (Å²) in [5, 5.41) is 7.85. The molecule has 1 spiro atoms. The van der Waals surface area contributed by atoms with Gasteiger partial charge in [0, 0.05) is 13.0 Å². The van der Waals surface area contributed by atoms with Gasteiger partial charge in [0.2, 0.25) is 17.4 Å². The first-order valence-electron chi connectivity index (χ1n) is 11.3. The van der Waals surface area contributed by atoms with E-state index >= 15 is 4.39 Å². The van der Waals surface area contributed by atoms with E-state index in [-0.39, 0.29) is 40.9 Å². The topological polar surface area (TPSA) is 134 Å². The molecule has 0 aliphatic carbocycles. The summed E-state index contributed by atoms with van der Waals surface area (Å²) >= 11 is 0. The smallest absolute Gasteiger partial charge is 0.328 e. The molecule has 1 aromatic heterocycles. The molecular weight excluding hydrogens is 487 g/mol. The number of alkyl halides is 2. The first-order valence-corrected chi connectivity index (χ1v) is 11.3. The maximum absolute atomic E-state index is 16.0. The summed E-state index contributed by atoms with van der Waals surface area (Å²) in [5.41, 5.74) is -2.29. The van der Waals surface area contributed by atoms with Crippen LogP contribution in [0.2, 0.25) is 0 Å². The number of rotatable bonds is 1. The average Bonchev–Trinajstić information content (AvgIpc) is 3.18. The molecule has 3 fully saturated rings. The van der Waals surface area contributed by atoms with E-state index in [0.717, 1.165) is 4.90 Å². The Morgan fingerprint density at radius 2 is 1.83 bits per heavy atom. The van der Waals surface area contributed by atoms with Crippen molar-refractivity contribution < 1.29 is 41.6 Å². The number of urea groups is 1. The lowest BCUT2D eigenvalue weighted by Gasteiger charge is -2.55. The molecule has 4 aliphatic rings. The number of barbiturate groups is 1. The molecule has 0 radical (unpaired) electrons. The van der Waals surface area contributed by atoms with E-state index < -0.39 is 72.2 Å². The highest BCUT2D eigenvalue weighted by Crippen LogP contribution is 2.49. The van der Waals surface area contributed by atoms with Gasteiger partial charge in [-0.15, -0.1) is 0 Å². The van der Waals surface area contributed by atoms with Gasteiger partial charge in [-0.05, 0) is 25.5 Å². The van der Waals surface area contributed by atoms with Crippen molar-refractivity contribution in [1.82, 2.24) is 20.7 Å². The summed E-state index contributed by atoms with van der Waals surface area (Å²) in [6.07, 6.45) is -1.42. The predicted molar refractivity (Wildman–Crippen MR) is 114 cm³/mol. The van der Waals surface area contributed by atoms with Crippen molar-refractivity contribution >= 4 is 40.4 Å². The van der Waals surface area contributed by atoms with E-state index in [1.807, 2.05) is 0 Å². The zero-order chi connectivity index (χ0) is 25.7. The van der Waals surface area contributed by atoms with Crippen LogP contribution in [0.15, 0.2) is 10.6 Å². The van der Waals surface area contributed by atoms with Crippen molar-refractivity contribution in [2.24, 2.45) is 5.41 Å². The van der Waals surface area contributed by atoms with Crippen molar-refractivity contribution in [3.8, 4) is 0 Å². The number of imide groups is 2. The van der Waals surface area contributed by atoms with Crippen LogP contribution >= 0.6 is 0 Å². The molecule has 2 N–H and O–H groups in total. The molecule has 5 heterocycles. The van der Waals surface area contributed by atoms with Crippen molar-refractivity contribution in [2.75, 3.05) is 24.5 Å². The minimum atomic E-state index is -3.01. The van der Waals surface area contributed by atoms with Crippen LogP contribution in [0.3, 0.4) is 0 Å². The van der Waals surface area contributed by atoms with Gasteiger partial charge in [-0.2, -0.15) is 0 Å². The number of ether oxygens (including phenoxy) is 1. The lowest BCUT2D eigenvalue weighted by atomic mass is 9.66. The number of likely N-dealkylation sites (tertiary alicyclic amines) is 1. The van der Waals surface area contributed by atoms with E-state index in [0.29, 0.717) is 0 Å². The van der Waals surface area contributed by atoms with Gasteiger partial charge in [0.15, 0.2) is 16.9 Å². The van der Waals surface area contributed by atoms with Crippen LogP contribution in [0.4, 0.5) is 23.7 Å². The number of hydrogen-bond donors (Lipinski definition) is 2. The van der Waals surface area contributed by atoms with Crippen LogP contribution in [0.5, 0.6) is 0 Å². The highest BCUT2D eigenvalue weighted by atomic mass is 19.3. The van der Waals surface area contributed by atoms with Crippen LogP contribution in [-0.2, 0) is 20.7 Å². The standard InChI is InChI=1S/C22H20F3N5O6/c1-8-5-30-14-10(4-22(16(30)9(2)35-8)18(32)26-20(34)27-19(22)33)3-11-13(28-36-15(11)12(14)23)17(31)29-6-21(24,25)7-29/h3,8-9,16H,4-7H2,1-2H3,(H2,26,27,32,33,34)/t8-,9-,16+/m1/s1. The first kappa shape index (κ1) is 22.8. The van der Waals surface area contributed by atoms with Crippen molar-refractivity contribution in [2.45, 2.75) is 44.4 Å². The van der Waals surface area contributed by atoms with Crippen molar-refractivity contribution in [1.29, 1.82) is 0 Å². The molecular formula is C22H20F3N5O6.